The zero-order valence-corrected chi connectivity index (χ0v) is 16.8. The molecule has 0 unspecified atom stereocenters. The number of halogens is 1. The van der Waals surface area contributed by atoms with Crippen molar-refractivity contribution in [2.45, 2.75) is 26.7 Å². The van der Waals surface area contributed by atoms with E-state index in [2.05, 4.69) is 25.9 Å². The van der Waals surface area contributed by atoms with E-state index in [-0.39, 0.29) is 5.91 Å². The molecule has 6 nitrogen and oxygen atoms in total. The van der Waals surface area contributed by atoms with Gasteiger partial charge in [-0.25, -0.2) is 4.98 Å². The molecule has 0 saturated carbocycles. The molecule has 0 aliphatic rings. The first-order valence-corrected chi connectivity index (χ1v) is 9.60. The maximum absolute atomic E-state index is 12.1. The number of guanidine groups is 1. The minimum Gasteiger partial charge on any atom is -0.356 e. The van der Waals surface area contributed by atoms with Crippen LogP contribution in [0.3, 0.4) is 0 Å². The van der Waals surface area contributed by atoms with Crippen molar-refractivity contribution < 1.29 is 4.79 Å². The van der Waals surface area contributed by atoms with Gasteiger partial charge in [-0.15, -0.1) is 11.3 Å². The molecule has 1 aromatic heterocycles. The maximum atomic E-state index is 12.1. The van der Waals surface area contributed by atoms with Gasteiger partial charge in [-0.2, -0.15) is 0 Å². The summed E-state index contributed by atoms with van der Waals surface area (Å²) in [6.07, 6.45) is 3.05. The summed E-state index contributed by atoms with van der Waals surface area (Å²) < 4.78 is 0. The Morgan fingerprint density at radius 2 is 2.04 bits per heavy atom. The summed E-state index contributed by atoms with van der Waals surface area (Å²) >= 11 is 7.76. The first-order valence-electron chi connectivity index (χ1n) is 8.40. The minimum atomic E-state index is -0.0726. The van der Waals surface area contributed by atoms with Gasteiger partial charge in [-0.05, 0) is 31.5 Å². The highest BCUT2D eigenvalue weighted by molar-refractivity contribution is 7.11. The number of aliphatic imine (C=N–C) groups is 1. The van der Waals surface area contributed by atoms with Gasteiger partial charge in [0.2, 0.25) is 5.91 Å². The Labute approximate surface area is 163 Å². The van der Waals surface area contributed by atoms with E-state index in [4.69, 9.17) is 11.6 Å². The van der Waals surface area contributed by atoms with Gasteiger partial charge in [0, 0.05) is 54.8 Å². The van der Waals surface area contributed by atoms with E-state index in [9.17, 15) is 4.79 Å². The van der Waals surface area contributed by atoms with Crippen molar-refractivity contribution in [3.63, 3.8) is 0 Å². The maximum Gasteiger partial charge on any atom is 0.226 e. The van der Waals surface area contributed by atoms with E-state index in [0.717, 1.165) is 29.2 Å². The molecular formula is C18H24ClN5OS. The minimum absolute atomic E-state index is 0.0726. The summed E-state index contributed by atoms with van der Waals surface area (Å²) in [5.74, 6) is 0.599. The number of carbonyl (C=O) groups excluding carboxylic acids is 1. The average molecular weight is 394 g/mol. The smallest absolute Gasteiger partial charge is 0.226 e. The molecule has 2 aromatic rings. The van der Waals surface area contributed by atoms with Crippen LogP contribution in [0, 0.1) is 13.8 Å². The number of nitrogens with one attached hydrogen (secondary N) is 3. The molecule has 0 atom stereocenters. The molecule has 0 radical (unpaired) electrons. The Kier molecular flexibility index (Phi) is 7.87. The van der Waals surface area contributed by atoms with Gasteiger partial charge >= 0.3 is 0 Å². The second-order valence-electron chi connectivity index (χ2n) is 5.75. The molecule has 8 heteroatoms. The molecule has 0 aliphatic carbocycles. The van der Waals surface area contributed by atoms with E-state index in [0.29, 0.717) is 23.9 Å². The van der Waals surface area contributed by atoms with Gasteiger partial charge in [0.15, 0.2) is 5.96 Å². The van der Waals surface area contributed by atoms with E-state index >= 15 is 0 Å². The molecule has 1 heterocycles. The lowest BCUT2D eigenvalue weighted by Gasteiger charge is -2.12. The number of carbonyl (C=O) groups is 1. The molecule has 0 saturated heterocycles. The van der Waals surface area contributed by atoms with E-state index < -0.39 is 0 Å². The number of aromatic nitrogens is 1. The summed E-state index contributed by atoms with van der Waals surface area (Å²) in [6, 6.07) is 5.46. The first kappa shape index (κ1) is 20.2. The van der Waals surface area contributed by atoms with Crippen molar-refractivity contribution in [3.8, 4) is 0 Å². The van der Waals surface area contributed by atoms with Crippen LogP contribution in [0.15, 0.2) is 29.4 Å². The fraction of sp³-hybridized carbons (Fsp3) is 0.389. The zero-order chi connectivity index (χ0) is 18.9. The van der Waals surface area contributed by atoms with Crippen LogP contribution in [0.1, 0.15) is 21.9 Å². The van der Waals surface area contributed by atoms with Crippen molar-refractivity contribution in [1.29, 1.82) is 0 Å². The normalized spacial score (nSPS) is 11.3. The van der Waals surface area contributed by atoms with Crippen molar-refractivity contribution in [2.75, 3.05) is 25.5 Å². The number of aryl methyl sites for hydroxylation is 1. The molecular weight excluding hydrogens is 370 g/mol. The number of amides is 1. The van der Waals surface area contributed by atoms with Gasteiger partial charge in [0.1, 0.15) is 0 Å². The molecule has 0 aliphatic heterocycles. The summed E-state index contributed by atoms with van der Waals surface area (Å²) in [6.45, 7) is 5.15. The number of hydrogen-bond acceptors (Lipinski definition) is 4. The Bertz CT molecular complexity index is 775. The molecule has 1 aromatic carbocycles. The van der Waals surface area contributed by atoms with Gasteiger partial charge < -0.3 is 16.0 Å². The zero-order valence-electron chi connectivity index (χ0n) is 15.2. The number of hydrogen-bond donors (Lipinski definition) is 3. The molecule has 1 amide bonds. The molecule has 2 rings (SSSR count). The van der Waals surface area contributed by atoms with Crippen LogP contribution in [0.25, 0.3) is 0 Å². The van der Waals surface area contributed by atoms with Crippen LogP contribution in [-0.2, 0) is 11.2 Å². The Balaban J connectivity index is 1.69. The highest BCUT2D eigenvalue weighted by Gasteiger charge is 2.07. The van der Waals surface area contributed by atoms with Gasteiger partial charge in [0.05, 0.1) is 5.01 Å². The van der Waals surface area contributed by atoms with E-state index in [1.54, 1.807) is 24.5 Å². The van der Waals surface area contributed by atoms with Crippen LogP contribution in [-0.4, -0.2) is 37.0 Å². The predicted octanol–water partition coefficient (Wildman–Crippen LogP) is 3.15. The standard InChI is InChI=1S/C18H24ClN5OS/c1-12-11-23-17(26-12)8-10-22-18(20-3)21-9-7-16(25)24-15-6-4-5-14(19)13(15)2/h4-6,11H,7-10H2,1-3H3,(H,24,25)(H2,20,21,22). The molecule has 3 N–H and O–H groups in total. The fourth-order valence-corrected chi connectivity index (χ4v) is 3.24. The molecule has 140 valence electrons. The van der Waals surface area contributed by atoms with Crippen LogP contribution in [0.2, 0.25) is 5.02 Å². The van der Waals surface area contributed by atoms with Crippen molar-refractivity contribution >= 4 is 40.5 Å². The number of thiazole rings is 1. The van der Waals surface area contributed by atoms with Crippen molar-refractivity contribution in [2.24, 2.45) is 4.99 Å². The molecule has 0 bridgehead atoms. The van der Waals surface area contributed by atoms with Gasteiger partial charge in [-0.3, -0.25) is 9.79 Å². The van der Waals surface area contributed by atoms with E-state index in [1.807, 2.05) is 32.2 Å². The SMILES string of the molecule is CN=C(NCCC(=O)Nc1cccc(Cl)c1C)NCCc1ncc(C)s1. The molecule has 0 spiro atoms. The van der Waals surface area contributed by atoms with Crippen LogP contribution in [0.5, 0.6) is 0 Å². The number of benzene rings is 1. The summed E-state index contributed by atoms with van der Waals surface area (Å²) in [5.41, 5.74) is 1.61. The van der Waals surface area contributed by atoms with Gasteiger partial charge in [-0.1, -0.05) is 17.7 Å². The van der Waals surface area contributed by atoms with Crippen LogP contribution < -0.4 is 16.0 Å². The lowest BCUT2D eigenvalue weighted by atomic mass is 10.2. The van der Waals surface area contributed by atoms with Crippen molar-refractivity contribution in [1.82, 2.24) is 15.6 Å². The average Bonchev–Trinajstić information content (AvgIpc) is 3.03. The van der Waals surface area contributed by atoms with Crippen molar-refractivity contribution in [3.05, 3.63) is 44.9 Å². The monoisotopic (exact) mass is 393 g/mol. The third-order valence-corrected chi connectivity index (χ3v) is 5.09. The third-order valence-electron chi connectivity index (χ3n) is 3.71. The lowest BCUT2D eigenvalue weighted by Crippen LogP contribution is -2.39. The Hall–Kier alpha value is -2.12. The van der Waals surface area contributed by atoms with Crippen LogP contribution in [0.4, 0.5) is 5.69 Å². The quantitative estimate of drug-likeness (QED) is 0.498. The van der Waals surface area contributed by atoms with Gasteiger partial charge in [0.25, 0.3) is 0 Å². The Morgan fingerprint density at radius 3 is 2.73 bits per heavy atom. The van der Waals surface area contributed by atoms with E-state index in [1.165, 1.54) is 4.88 Å². The number of rotatable bonds is 7. The van der Waals surface area contributed by atoms with Crippen LogP contribution >= 0.6 is 22.9 Å². The predicted molar refractivity (Wildman–Crippen MR) is 109 cm³/mol. The Morgan fingerprint density at radius 1 is 1.27 bits per heavy atom. The third kappa shape index (κ3) is 6.31. The first-order chi connectivity index (χ1) is 12.5. The highest BCUT2D eigenvalue weighted by atomic mass is 35.5. The lowest BCUT2D eigenvalue weighted by molar-refractivity contribution is -0.116. The number of nitrogens with zero attached hydrogens (tertiary/aromatic N) is 2. The second-order valence-corrected chi connectivity index (χ2v) is 7.48. The number of anilines is 1. The highest BCUT2D eigenvalue weighted by Crippen LogP contribution is 2.22. The topological polar surface area (TPSA) is 78.4 Å². The summed E-state index contributed by atoms with van der Waals surface area (Å²) in [5, 5.41) is 11.0. The molecule has 26 heavy (non-hydrogen) atoms. The second kappa shape index (κ2) is 10.1. The summed E-state index contributed by atoms with van der Waals surface area (Å²) in [4.78, 5) is 21.8. The summed E-state index contributed by atoms with van der Waals surface area (Å²) in [7, 11) is 1.71. The fourth-order valence-electron chi connectivity index (χ4n) is 2.28. The molecule has 0 fully saturated rings. The largest absolute Gasteiger partial charge is 0.356 e.